The molecular weight excluding hydrogens is 192 g/mol. The normalized spacial score (nSPS) is 35.9. The van der Waals surface area contributed by atoms with Crippen LogP contribution >= 0.6 is 0 Å². The highest BCUT2D eigenvalue weighted by Crippen LogP contribution is 2.59. The molecule has 3 rings (SSSR count). The lowest BCUT2D eigenvalue weighted by Crippen LogP contribution is -2.48. The average Bonchev–Trinajstić information content (AvgIpc) is 2.96. The first-order valence-electron chi connectivity index (χ1n) is 6.04. The molecule has 0 amide bonds. The van der Waals surface area contributed by atoms with Crippen LogP contribution in [0.4, 0.5) is 0 Å². The van der Waals surface area contributed by atoms with Gasteiger partial charge in [0.25, 0.3) is 0 Å². The van der Waals surface area contributed by atoms with Gasteiger partial charge < -0.3 is 9.84 Å². The highest BCUT2D eigenvalue weighted by Gasteiger charge is 2.59. The fraction of sp³-hybridized carbons (Fsp3) is 0.917. The van der Waals surface area contributed by atoms with E-state index in [-0.39, 0.29) is 11.0 Å². The van der Waals surface area contributed by atoms with Crippen LogP contribution in [-0.2, 0) is 9.53 Å². The molecule has 84 valence electrons. The second kappa shape index (κ2) is 2.97. The third-order valence-corrected chi connectivity index (χ3v) is 4.75. The van der Waals surface area contributed by atoms with Crippen LogP contribution in [0.5, 0.6) is 0 Å². The molecule has 1 N–H and O–H groups in total. The lowest BCUT2D eigenvalue weighted by atomic mass is 9.68. The summed E-state index contributed by atoms with van der Waals surface area (Å²) in [7, 11) is 0. The van der Waals surface area contributed by atoms with Gasteiger partial charge in [-0.2, -0.15) is 0 Å². The average molecular weight is 210 g/mol. The predicted octanol–water partition coefficient (Wildman–Crippen LogP) is 2.20. The summed E-state index contributed by atoms with van der Waals surface area (Å²) in [4.78, 5) is 11.3. The topological polar surface area (TPSA) is 46.5 Å². The summed E-state index contributed by atoms with van der Waals surface area (Å²) in [6.07, 6.45) is 7.30. The van der Waals surface area contributed by atoms with Gasteiger partial charge in [-0.3, -0.25) is 4.79 Å². The molecule has 1 atom stereocenters. The van der Waals surface area contributed by atoms with Gasteiger partial charge >= 0.3 is 5.97 Å². The van der Waals surface area contributed by atoms with E-state index in [1.54, 1.807) is 0 Å². The molecule has 0 bridgehead atoms. The van der Waals surface area contributed by atoms with Gasteiger partial charge in [-0.1, -0.05) is 0 Å². The van der Waals surface area contributed by atoms with Gasteiger partial charge in [0.15, 0.2) is 0 Å². The zero-order chi connectivity index (χ0) is 10.5. The molecule has 15 heavy (non-hydrogen) atoms. The molecule has 3 nitrogen and oxygen atoms in total. The number of hydrogen-bond donors (Lipinski definition) is 1. The Morgan fingerprint density at radius 2 is 2.00 bits per heavy atom. The predicted molar refractivity (Wildman–Crippen MR) is 54.6 cm³/mol. The van der Waals surface area contributed by atoms with E-state index in [1.807, 2.05) is 0 Å². The molecule has 0 aromatic heterocycles. The zero-order valence-corrected chi connectivity index (χ0v) is 9.00. The molecule has 3 heteroatoms. The van der Waals surface area contributed by atoms with Crippen molar-refractivity contribution in [3.8, 4) is 0 Å². The van der Waals surface area contributed by atoms with Crippen LogP contribution < -0.4 is 0 Å². The Kier molecular flexibility index (Phi) is 1.91. The van der Waals surface area contributed by atoms with E-state index in [0.29, 0.717) is 5.92 Å². The Balaban J connectivity index is 1.74. The molecule has 1 saturated heterocycles. The van der Waals surface area contributed by atoms with Gasteiger partial charge in [-0.25, -0.2) is 0 Å². The molecule has 0 aromatic rings. The van der Waals surface area contributed by atoms with Crippen LogP contribution in [0.15, 0.2) is 0 Å². The van der Waals surface area contributed by atoms with Crippen LogP contribution in [-0.4, -0.2) is 23.3 Å². The number of hydrogen-bond acceptors (Lipinski definition) is 2. The lowest BCUT2D eigenvalue weighted by Gasteiger charge is -2.48. The number of carboxylic acids is 1. The van der Waals surface area contributed by atoms with Gasteiger partial charge in [0.1, 0.15) is 0 Å². The van der Waals surface area contributed by atoms with Crippen LogP contribution in [0.3, 0.4) is 0 Å². The van der Waals surface area contributed by atoms with Gasteiger partial charge in [0.05, 0.1) is 11.0 Å². The summed E-state index contributed by atoms with van der Waals surface area (Å²) >= 11 is 0. The Morgan fingerprint density at radius 3 is 2.47 bits per heavy atom. The van der Waals surface area contributed by atoms with E-state index in [9.17, 15) is 9.90 Å². The summed E-state index contributed by atoms with van der Waals surface area (Å²) in [6, 6.07) is 0. The number of ether oxygens (including phenoxy) is 1. The summed E-state index contributed by atoms with van der Waals surface area (Å²) in [5, 5.41) is 9.28. The van der Waals surface area contributed by atoms with Crippen molar-refractivity contribution in [2.24, 2.45) is 11.3 Å². The third kappa shape index (κ3) is 1.32. The first kappa shape index (κ1) is 9.64. The second-order valence-electron chi connectivity index (χ2n) is 5.54. The summed E-state index contributed by atoms with van der Waals surface area (Å²) in [5.41, 5.74) is -0.264. The fourth-order valence-corrected chi connectivity index (χ4v) is 3.35. The summed E-state index contributed by atoms with van der Waals surface area (Å²) < 4.78 is 5.84. The largest absolute Gasteiger partial charge is 0.481 e. The smallest absolute Gasteiger partial charge is 0.309 e. The van der Waals surface area contributed by atoms with Gasteiger partial charge in [0.2, 0.25) is 0 Å². The van der Waals surface area contributed by atoms with Gasteiger partial charge in [0, 0.05) is 6.61 Å². The van der Waals surface area contributed by atoms with E-state index in [2.05, 4.69) is 0 Å². The number of rotatable bonds is 2. The van der Waals surface area contributed by atoms with Crippen molar-refractivity contribution in [2.45, 2.75) is 50.5 Å². The minimum Gasteiger partial charge on any atom is -0.481 e. The van der Waals surface area contributed by atoms with E-state index in [4.69, 9.17) is 4.74 Å². The maximum atomic E-state index is 11.3. The first-order chi connectivity index (χ1) is 7.17. The Bertz CT molecular complexity index is 289. The quantitative estimate of drug-likeness (QED) is 0.760. The zero-order valence-electron chi connectivity index (χ0n) is 9.00. The highest BCUT2D eigenvalue weighted by atomic mass is 16.5. The van der Waals surface area contributed by atoms with Crippen LogP contribution in [0.2, 0.25) is 0 Å². The standard InChI is InChI=1S/C12H18O3/c13-10(14)12(5-6-12)9-2-7-15-11(8-9)3-1-4-11/h9H,1-8H2,(H,13,14). The van der Waals surface area contributed by atoms with Crippen LogP contribution in [0.1, 0.15) is 44.9 Å². The highest BCUT2D eigenvalue weighted by molar-refractivity contribution is 5.78. The number of aliphatic carboxylic acids is 1. The van der Waals surface area contributed by atoms with Crippen molar-refractivity contribution in [1.82, 2.24) is 0 Å². The van der Waals surface area contributed by atoms with Crippen LogP contribution in [0, 0.1) is 11.3 Å². The fourth-order valence-electron chi connectivity index (χ4n) is 3.35. The molecule has 2 saturated carbocycles. The van der Waals surface area contributed by atoms with E-state index in [0.717, 1.165) is 45.1 Å². The molecule has 1 aliphatic heterocycles. The van der Waals surface area contributed by atoms with Crippen molar-refractivity contribution in [3.05, 3.63) is 0 Å². The monoisotopic (exact) mass is 210 g/mol. The SMILES string of the molecule is O=C(O)C1(C2CCOC3(CCC3)C2)CC1. The molecule has 1 spiro atoms. The molecule has 0 radical (unpaired) electrons. The van der Waals surface area contributed by atoms with Crippen molar-refractivity contribution in [3.63, 3.8) is 0 Å². The molecule has 1 heterocycles. The molecule has 2 aliphatic carbocycles. The maximum Gasteiger partial charge on any atom is 0.309 e. The van der Waals surface area contributed by atoms with Gasteiger partial charge in [-0.05, 0) is 50.9 Å². The number of carbonyl (C=O) groups is 1. The van der Waals surface area contributed by atoms with Crippen molar-refractivity contribution >= 4 is 5.97 Å². The Hall–Kier alpha value is -0.570. The van der Waals surface area contributed by atoms with Crippen LogP contribution in [0.25, 0.3) is 0 Å². The van der Waals surface area contributed by atoms with E-state index >= 15 is 0 Å². The maximum absolute atomic E-state index is 11.3. The first-order valence-corrected chi connectivity index (χ1v) is 6.04. The second-order valence-corrected chi connectivity index (χ2v) is 5.54. The summed E-state index contributed by atoms with van der Waals surface area (Å²) in [5.74, 6) is -0.187. The molecule has 3 fully saturated rings. The Labute approximate surface area is 89.8 Å². The minimum absolute atomic E-state index is 0.0912. The number of carboxylic acid groups (broad SMARTS) is 1. The third-order valence-electron chi connectivity index (χ3n) is 4.75. The lowest BCUT2D eigenvalue weighted by molar-refractivity contribution is -0.165. The van der Waals surface area contributed by atoms with Crippen molar-refractivity contribution < 1.29 is 14.6 Å². The molecule has 0 aromatic carbocycles. The summed E-state index contributed by atoms with van der Waals surface area (Å²) in [6.45, 7) is 0.777. The van der Waals surface area contributed by atoms with Crippen molar-refractivity contribution in [1.29, 1.82) is 0 Å². The van der Waals surface area contributed by atoms with E-state index in [1.165, 1.54) is 6.42 Å². The minimum atomic E-state index is -0.566. The van der Waals surface area contributed by atoms with E-state index < -0.39 is 5.97 Å². The van der Waals surface area contributed by atoms with Crippen molar-refractivity contribution in [2.75, 3.05) is 6.61 Å². The molecule has 1 unspecified atom stereocenters. The molecule has 3 aliphatic rings. The molecular formula is C12H18O3. The Morgan fingerprint density at radius 1 is 1.27 bits per heavy atom. The van der Waals surface area contributed by atoms with Gasteiger partial charge in [-0.15, -0.1) is 0 Å².